The maximum absolute atomic E-state index is 15.2. The van der Waals surface area contributed by atoms with Crippen LogP contribution < -0.4 is 15.1 Å². The third-order valence-electron chi connectivity index (χ3n) is 6.24. The van der Waals surface area contributed by atoms with E-state index in [9.17, 15) is 24.9 Å². The lowest BCUT2D eigenvalue weighted by Gasteiger charge is -2.47. The molecule has 3 heterocycles. The van der Waals surface area contributed by atoms with E-state index in [0.29, 0.717) is 12.1 Å². The Morgan fingerprint density at radius 1 is 1.34 bits per heavy atom. The summed E-state index contributed by atoms with van der Waals surface area (Å²) in [6.45, 7) is 0.137. The molecule has 1 aromatic carbocycles. The van der Waals surface area contributed by atoms with E-state index in [0.717, 1.165) is 18.9 Å². The van der Waals surface area contributed by atoms with Crippen molar-refractivity contribution in [2.75, 3.05) is 24.7 Å². The molecule has 1 aromatic heterocycles. The quantitative estimate of drug-likeness (QED) is 0.706. The molecular weight excluding hydrogens is 383 g/mol. The van der Waals surface area contributed by atoms with E-state index in [4.69, 9.17) is 4.74 Å². The second kappa shape index (κ2) is 6.17. The van der Waals surface area contributed by atoms with Crippen molar-refractivity contribution >= 4 is 22.6 Å². The van der Waals surface area contributed by atoms with E-state index in [-0.39, 0.29) is 60.5 Å². The number of carbonyl (C=O) groups is 1. The fourth-order valence-electron chi connectivity index (χ4n) is 4.57. The van der Waals surface area contributed by atoms with Crippen LogP contribution >= 0.6 is 0 Å². The maximum Gasteiger partial charge on any atom is 0.341 e. The molecule has 0 spiro atoms. The van der Waals surface area contributed by atoms with E-state index in [1.54, 1.807) is 4.57 Å². The molecule has 2 atom stereocenters. The molecule has 3 N–H and O–H groups in total. The van der Waals surface area contributed by atoms with E-state index in [1.165, 1.54) is 6.20 Å². The van der Waals surface area contributed by atoms with Crippen LogP contribution in [0.2, 0.25) is 0 Å². The van der Waals surface area contributed by atoms with Crippen molar-refractivity contribution in [3.05, 3.63) is 33.9 Å². The lowest BCUT2D eigenvalue weighted by molar-refractivity contribution is -0.0470. The van der Waals surface area contributed by atoms with Gasteiger partial charge in [0.05, 0.1) is 29.2 Å². The summed E-state index contributed by atoms with van der Waals surface area (Å²) in [6.07, 6.45) is 3.55. The van der Waals surface area contributed by atoms with E-state index >= 15 is 4.39 Å². The molecule has 0 amide bonds. The number of aliphatic hydroxyl groups excluding tert-OH is 1. The van der Waals surface area contributed by atoms with Crippen LogP contribution in [-0.2, 0) is 0 Å². The third-order valence-corrected chi connectivity index (χ3v) is 6.24. The second-order valence-electron chi connectivity index (χ2n) is 8.24. The van der Waals surface area contributed by atoms with Gasteiger partial charge in [0.25, 0.3) is 0 Å². The molecule has 1 saturated carbocycles. The highest BCUT2D eigenvalue weighted by molar-refractivity contribution is 5.97. The summed E-state index contributed by atoms with van der Waals surface area (Å²) in [6, 6.07) is 0.841. The molecule has 1 saturated heterocycles. The Balaban J connectivity index is 1.73. The summed E-state index contributed by atoms with van der Waals surface area (Å²) < 4.78 is 22.8. The molecule has 0 unspecified atom stereocenters. The number of benzene rings is 1. The maximum atomic E-state index is 15.2. The summed E-state index contributed by atoms with van der Waals surface area (Å²) in [7, 11) is 0. The Kier molecular flexibility index (Phi) is 3.91. The Bertz CT molecular complexity index is 1090. The zero-order valence-electron chi connectivity index (χ0n) is 15.6. The van der Waals surface area contributed by atoms with Gasteiger partial charge in [-0.25, -0.2) is 9.18 Å². The summed E-state index contributed by atoms with van der Waals surface area (Å²) >= 11 is 0. The molecule has 2 aromatic rings. The van der Waals surface area contributed by atoms with Crippen molar-refractivity contribution in [1.82, 2.24) is 4.57 Å². The van der Waals surface area contributed by atoms with Crippen molar-refractivity contribution in [3.63, 3.8) is 0 Å². The number of hydrogen-bond donors (Lipinski definition) is 3. The number of halogens is 1. The van der Waals surface area contributed by atoms with Gasteiger partial charge in [-0.05, 0) is 25.3 Å². The number of pyridine rings is 1. The minimum Gasteiger partial charge on any atom is -0.487 e. The van der Waals surface area contributed by atoms with Gasteiger partial charge in [-0.3, -0.25) is 4.79 Å². The molecule has 0 bridgehead atoms. The summed E-state index contributed by atoms with van der Waals surface area (Å²) in [5, 5.41) is 29.3. The molecule has 0 radical (unpaired) electrons. The second-order valence-corrected chi connectivity index (χ2v) is 8.24. The smallest absolute Gasteiger partial charge is 0.341 e. The summed E-state index contributed by atoms with van der Waals surface area (Å²) in [4.78, 5) is 26.1. The zero-order valence-corrected chi connectivity index (χ0v) is 15.6. The standard InChI is InChI=1S/C20H21FN2O6/c21-14-5-12-15(23(10-1-2-10)7-13(17(12)25)19(26)27)18-16(14)22-4-3-20(28,9-24)6-11(22)8-29-18/h5,7,10-11,24,28H,1-4,6,8-9H2,(H,26,27)/t11-,20+/m0/s1. The van der Waals surface area contributed by atoms with E-state index in [2.05, 4.69) is 0 Å². The normalized spacial score (nSPS) is 26.0. The number of aromatic nitrogens is 1. The molecular formula is C20H21FN2O6. The van der Waals surface area contributed by atoms with Crippen LogP contribution in [0.3, 0.4) is 0 Å². The number of anilines is 1. The number of nitrogens with zero attached hydrogens (tertiary/aromatic N) is 2. The minimum absolute atomic E-state index is 0.00428. The Hall–Kier alpha value is -2.65. The van der Waals surface area contributed by atoms with Crippen molar-refractivity contribution in [2.24, 2.45) is 0 Å². The number of fused-ring (bicyclic) bond motifs is 5. The topological polar surface area (TPSA) is 112 Å². The van der Waals surface area contributed by atoms with Gasteiger partial charge in [-0.15, -0.1) is 0 Å². The summed E-state index contributed by atoms with van der Waals surface area (Å²) in [5.41, 5.74) is -1.69. The molecule has 1 aliphatic carbocycles. The Morgan fingerprint density at radius 2 is 2.10 bits per heavy atom. The van der Waals surface area contributed by atoms with Crippen LogP contribution in [0, 0.1) is 5.82 Å². The molecule has 154 valence electrons. The van der Waals surface area contributed by atoms with E-state index < -0.39 is 22.8 Å². The van der Waals surface area contributed by atoms with Gasteiger partial charge in [-0.2, -0.15) is 0 Å². The van der Waals surface area contributed by atoms with Gasteiger partial charge in [0.15, 0.2) is 11.6 Å². The monoisotopic (exact) mass is 404 g/mol. The predicted octanol–water partition coefficient (Wildman–Crippen LogP) is 1.26. The minimum atomic E-state index is -1.34. The van der Waals surface area contributed by atoms with Crippen LogP contribution in [0.1, 0.15) is 42.1 Å². The van der Waals surface area contributed by atoms with Gasteiger partial charge in [-0.1, -0.05) is 0 Å². The fraction of sp³-hybridized carbons (Fsp3) is 0.500. The number of ether oxygens (including phenoxy) is 1. The van der Waals surface area contributed by atoms with Gasteiger partial charge in [0.1, 0.15) is 17.9 Å². The highest BCUT2D eigenvalue weighted by Gasteiger charge is 2.43. The number of carboxylic acid groups (broad SMARTS) is 1. The zero-order chi connectivity index (χ0) is 20.5. The average Bonchev–Trinajstić information content (AvgIpc) is 3.53. The Morgan fingerprint density at radius 3 is 2.76 bits per heavy atom. The number of piperidine rings is 1. The molecule has 2 fully saturated rings. The van der Waals surface area contributed by atoms with Gasteiger partial charge < -0.3 is 29.5 Å². The Labute approximate surface area is 164 Å². The number of aromatic carboxylic acids is 1. The SMILES string of the molecule is O=C(O)c1cn(C2CC2)c2c3c(c(F)cc2c1=O)N1CC[C@](O)(CO)C[C@H]1CO3. The first kappa shape index (κ1) is 18.4. The molecule has 8 nitrogen and oxygen atoms in total. The first-order chi connectivity index (χ1) is 13.8. The van der Waals surface area contributed by atoms with Crippen LogP contribution in [0.4, 0.5) is 10.1 Å². The number of hydrogen-bond acceptors (Lipinski definition) is 6. The van der Waals surface area contributed by atoms with Crippen LogP contribution in [0.25, 0.3) is 10.9 Å². The van der Waals surface area contributed by atoms with Crippen molar-refractivity contribution in [1.29, 1.82) is 0 Å². The van der Waals surface area contributed by atoms with Gasteiger partial charge in [0, 0.05) is 25.2 Å². The first-order valence-corrected chi connectivity index (χ1v) is 9.70. The van der Waals surface area contributed by atoms with Crippen LogP contribution in [0.15, 0.2) is 17.1 Å². The number of carboxylic acids is 1. The molecule has 5 rings (SSSR count). The summed E-state index contributed by atoms with van der Waals surface area (Å²) in [5.74, 6) is -1.76. The van der Waals surface area contributed by atoms with Gasteiger partial charge in [0.2, 0.25) is 5.43 Å². The fourth-order valence-corrected chi connectivity index (χ4v) is 4.57. The van der Waals surface area contributed by atoms with Crippen molar-refractivity contribution < 1.29 is 29.2 Å². The van der Waals surface area contributed by atoms with E-state index in [1.807, 2.05) is 4.90 Å². The number of aliphatic hydroxyl groups is 2. The van der Waals surface area contributed by atoms with Crippen LogP contribution in [0.5, 0.6) is 5.75 Å². The number of rotatable bonds is 3. The lowest BCUT2D eigenvalue weighted by Crippen LogP contribution is -2.56. The molecule has 3 aliphatic rings. The van der Waals surface area contributed by atoms with Crippen molar-refractivity contribution in [2.45, 2.75) is 43.4 Å². The molecule has 9 heteroatoms. The molecule has 2 aliphatic heterocycles. The highest BCUT2D eigenvalue weighted by atomic mass is 19.1. The van der Waals surface area contributed by atoms with Crippen molar-refractivity contribution in [3.8, 4) is 5.75 Å². The predicted molar refractivity (Wildman–Crippen MR) is 101 cm³/mol. The largest absolute Gasteiger partial charge is 0.487 e. The third kappa shape index (κ3) is 2.71. The van der Waals surface area contributed by atoms with Gasteiger partial charge >= 0.3 is 5.97 Å². The average molecular weight is 404 g/mol. The van der Waals surface area contributed by atoms with Crippen LogP contribution in [-0.4, -0.2) is 57.3 Å². The first-order valence-electron chi connectivity index (χ1n) is 9.70. The lowest BCUT2D eigenvalue weighted by atomic mass is 9.86. The molecule has 29 heavy (non-hydrogen) atoms. The highest BCUT2D eigenvalue weighted by Crippen LogP contribution is 2.47.